The molecule has 1 rings (SSSR count). The molecule has 0 amide bonds. The number of rotatable bonds is 4. The number of hydrogen-bond donors (Lipinski definition) is 1. The van der Waals surface area contributed by atoms with Gasteiger partial charge in [-0.05, 0) is 35.8 Å². The van der Waals surface area contributed by atoms with Crippen LogP contribution in [-0.4, -0.2) is 15.0 Å². The summed E-state index contributed by atoms with van der Waals surface area (Å²) in [7, 11) is -3.39. The molecule has 0 spiro atoms. The monoisotopic (exact) mass is 321 g/mol. The summed E-state index contributed by atoms with van der Waals surface area (Å²) < 4.78 is 27.1. The van der Waals surface area contributed by atoms with Crippen molar-refractivity contribution in [2.45, 2.75) is 25.2 Å². The summed E-state index contributed by atoms with van der Waals surface area (Å²) in [6.07, 6.45) is 0.528. The van der Waals surface area contributed by atoms with Gasteiger partial charge in [0.25, 0.3) is 0 Å². The van der Waals surface area contributed by atoms with Gasteiger partial charge in [0.05, 0.1) is 8.68 Å². The third-order valence-corrected chi connectivity index (χ3v) is 5.12. The number of halogens is 1. The number of thiophene rings is 1. The lowest BCUT2D eigenvalue weighted by atomic mass is 10.4. The van der Waals surface area contributed by atoms with E-state index in [-0.39, 0.29) is 0 Å². The summed E-state index contributed by atoms with van der Waals surface area (Å²) in [5.74, 6) is 5.53. The predicted octanol–water partition coefficient (Wildman–Crippen LogP) is 2.51. The van der Waals surface area contributed by atoms with E-state index >= 15 is 0 Å². The Balaban J connectivity index is 2.77. The summed E-state index contributed by atoms with van der Waals surface area (Å²) in [4.78, 5) is 1.12. The largest absolute Gasteiger partial charge is 0.241 e. The second-order valence-corrected chi connectivity index (χ2v) is 7.42. The molecule has 0 fully saturated rings. The highest BCUT2D eigenvalue weighted by Gasteiger charge is 2.18. The molecule has 0 aliphatic rings. The van der Waals surface area contributed by atoms with Crippen LogP contribution in [0.5, 0.6) is 0 Å². The Hall–Kier alpha value is -0.350. The lowest BCUT2D eigenvalue weighted by Crippen LogP contribution is -2.24. The fraction of sp³-hybridized carbons (Fsp3) is 0.400. The molecule has 1 aromatic heterocycles. The van der Waals surface area contributed by atoms with Gasteiger partial charge in [-0.1, -0.05) is 0 Å². The van der Waals surface area contributed by atoms with Crippen molar-refractivity contribution in [2.75, 3.05) is 6.54 Å². The van der Waals surface area contributed by atoms with Crippen LogP contribution in [0.1, 0.15) is 18.2 Å². The van der Waals surface area contributed by atoms with Crippen molar-refractivity contribution in [2.24, 2.45) is 0 Å². The van der Waals surface area contributed by atoms with Crippen LogP contribution in [0, 0.1) is 18.8 Å². The quantitative estimate of drug-likeness (QED) is 0.684. The van der Waals surface area contributed by atoms with E-state index in [0.29, 0.717) is 17.9 Å². The molecule has 0 atom stereocenters. The minimum Gasteiger partial charge on any atom is -0.210 e. The van der Waals surface area contributed by atoms with E-state index in [4.69, 9.17) is 0 Å². The standard InChI is InChI=1S/C10H12BrNO2S2/c1-3-4-5-6-12-16(13,14)9-7-10(11)15-8(9)2/h7,12H,5-6H2,1-2H3. The maximum atomic E-state index is 11.9. The normalized spacial score (nSPS) is 10.9. The average molecular weight is 322 g/mol. The Bertz CT molecular complexity index is 523. The predicted molar refractivity (Wildman–Crippen MR) is 70.0 cm³/mol. The van der Waals surface area contributed by atoms with Gasteiger partial charge in [0, 0.05) is 17.8 Å². The number of nitrogens with one attached hydrogen (secondary N) is 1. The molecule has 0 radical (unpaired) electrons. The van der Waals surface area contributed by atoms with Crippen LogP contribution in [0.25, 0.3) is 0 Å². The zero-order chi connectivity index (χ0) is 12.2. The fourth-order valence-electron chi connectivity index (χ4n) is 1.15. The van der Waals surface area contributed by atoms with Gasteiger partial charge >= 0.3 is 0 Å². The Morgan fingerprint density at radius 1 is 1.56 bits per heavy atom. The molecule has 1 heterocycles. The molecule has 88 valence electrons. The van der Waals surface area contributed by atoms with E-state index in [0.717, 1.165) is 8.66 Å². The van der Waals surface area contributed by atoms with E-state index in [1.807, 2.05) is 0 Å². The van der Waals surface area contributed by atoms with Gasteiger partial charge in [0.2, 0.25) is 10.0 Å². The highest BCUT2D eigenvalue weighted by molar-refractivity contribution is 9.11. The molecule has 6 heteroatoms. The first-order valence-electron chi connectivity index (χ1n) is 4.62. The number of hydrogen-bond acceptors (Lipinski definition) is 3. The van der Waals surface area contributed by atoms with Crippen molar-refractivity contribution >= 4 is 37.3 Å². The molecule has 16 heavy (non-hydrogen) atoms. The minimum absolute atomic E-state index is 0.342. The first-order valence-corrected chi connectivity index (χ1v) is 7.72. The van der Waals surface area contributed by atoms with Crippen LogP contribution < -0.4 is 4.72 Å². The molecule has 1 N–H and O–H groups in total. The Kier molecular flexibility index (Phi) is 4.99. The van der Waals surface area contributed by atoms with Gasteiger partial charge in [-0.15, -0.1) is 23.2 Å². The first-order chi connectivity index (χ1) is 7.47. The Labute approximate surface area is 108 Å². The van der Waals surface area contributed by atoms with Crippen LogP contribution in [-0.2, 0) is 10.0 Å². The van der Waals surface area contributed by atoms with Gasteiger partial charge in [-0.25, -0.2) is 13.1 Å². The number of sulfonamides is 1. The van der Waals surface area contributed by atoms with Crippen LogP contribution in [0.4, 0.5) is 0 Å². The van der Waals surface area contributed by atoms with Gasteiger partial charge < -0.3 is 0 Å². The topological polar surface area (TPSA) is 46.2 Å². The molecule has 0 saturated heterocycles. The highest BCUT2D eigenvalue weighted by atomic mass is 79.9. The molecule has 0 aromatic carbocycles. The van der Waals surface area contributed by atoms with Crippen LogP contribution >= 0.6 is 27.3 Å². The van der Waals surface area contributed by atoms with Gasteiger partial charge in [-0.2, -0.15) is 0 Å². The summed E-state index contributed by atoms with van der Waals surface area (Å²) >= 11 is 4.68. The lowest BCUT2D eigenvalue weighted by molar-refractivity contribution is 0.582. The van der Waals surface area contributed by atoms with E-state index < -0.39 is 10.0 Å². The lowest BCUT2D eigenvalue weighted by Gasteiger charge is -2.03. The molecular formula is C10H12BrNO2S2. The van der Waals surface area contributed by atoms with Crippen molar-refractivity contribution in [3.8, 4) is 11.8 Å². The molecule has 0 saturated carbocycles. The second kappa shape index (κ2) is 5.82. The van der Waals surface area contributed by atoms with Gasteiger partial charge in [0.1, 0.15) is 0 Å². The third-order valence-electron chi connectivity index (χ3n) is 1.85. The molecule has 1 aromatic rings. The first kappa shape index (κ1) is 13.7. The molecule has 0 aliphatic heterocycles. The summed E-state index contributed by atoms with van der Waals surface area (Å²) in [5, 5.41) is 0. The number of aryl methyl sites for hydroxylation is 1. The SMILES string of the molecule is CC#CCCNS(=O)(=O)c1cc(Br)sc1C. The van der Waals surface area contributed by atoms with Gasteiger partial charge in [-0.3, -0.25) is 0 Å². The van der Waals surface area contributed by atoms with Crippen molar-refractivity contribution in [3.63, 3.8) is 0 Å². The molecule has 0 aliphatic carbocycles. The average Bonchev–Trinajstić information content (AvgIpc) is 2.53. The summed E-state index contributed by atoms with van der Waals surface area (Å²) in [5.41, 5.74) is 0. The zero-order valence-corrected chi connectivity index (χ0v) is 12.2. The van der Waals surface area contributed by atoms with Crippen molar-refractivity contribution in [1.82, 2.24) is 4.72 Å². The highest BCUT2D eigenvalue weighted by Crippen LogP contribution is 2.29. The van der Waals surface area contributed by atoms with Crippen molar-refractivity contribution in [3.05, 3.63) is 14.7 Å². The van der Waals surface area contributed by atoms with E-state index in [9.17, 15) is 8.42 Å². The van der Waals surface area contributed by atoms with Crippen LogP contribution in [0.3, 0.4) is 0 Å². The van der Waals surface area contributed by atoms with Crippen LogP contribution in [0.15, 0.2) is 14.7 Å². The minimum atomic E-state index is -3.39. The molecule has 3 nitrogen and oxygen atoms in total. The van der Waals surface area contributed by atoms with E-state index in [1.54, 1.807) is 19.9 Å². The maximum Gasteiger partial charge on any atom is 0.241 e. The van der Waals surface area contributed by atoms with Gasteiger partial charge in [0.15, 0.2) is 0 Å². The third kappa shape index (κ3) is 3.59. The second-order valence-electron chi connectivity index (χ2n) is 3.05. The summed E-state index contributed by atoms with van der Waals surface area (Å²) in [6, 6.07) is 1.62. The van der Waals surface area contributed by atoms with Crippen LogP contribution in [0.2, 0.25) is 0 Å². The zero-order valence-electron chi connectivity index (χ0n) is 9.00. The van der Waals surface area contributed by atoms with Crippen molar-refractivity contribution in [1.29, 1.82) is 0 Å². The smallest absolute Gasteiger partial charge is 0.210 e. The fourth-order valence-corrected chi connectivity index (χ4v) is 4.59. The Morgan fingerprint density at radius 3 is 2.75 bits per heavy atom. The molecule has 0 unspecified atom stereocenters. The van der Waals surface area contributed by atoms with E-state index in [1.165, 1.54) is 11.3 Å². The summed E-state index contributed by atoms with van der Waals surface area (Å²) in [6.45, 7) is 3.86. The van der Waals surface area contributed by atoms with E-state index in [2.05, 4.69) is 32.5 Å². The molecular weight excluding hydrogens is 310 g/mol. The van der Waals surface area contributed by atoms with Crippen molar-refractivity contribution < 1.29 is 8.42 Å². The molecule has 0 bridgehead atoms. The Morgan fingerprint density at radius 2 is 2.25 bits per heavy atom. The maximum absolute atomic E-state index is 11.9.